The molecule has 0 amide bonds. The predicted octanol–water partition coefficient (Wildman–Crippen LogP) is 5.39. The third-order valence-corrected chi connectivity index (χ3v) is 4.81. The van der Waals surface area contributed by atoms with Crippen LogP contribution in [0.15, 0.2) is 60.0 Å². The molecule has 0 unspecified atom stereocenters. The lowest BCUT2D eigenvalue weighted by atomic mass is 10.0. The quantitative estimate of drug-likeness (QED) is 0.665. The summed E-state index contributed by atoms with van der Waals surface area (Å²) in [6.07, 6.45) is 0. The molecule has 1 heterocycles. The first-order chi connectivity index (χ1) is 10.2. The van der Waals surface area contributed by atoms with Crippen molar-refractivity contribution >= 4 is 22.1 Å². The molecule has 0 saturated heterocycles. The lowest BCUT2D eigenvalue weighted by molar-refractivity contribution is 0.416. The van der Waals surface area contributed by atoms with E-state index in [0.29, 0.717) is 12.0 Å². The van der Waals surface area contributed by atoms with Gasteiger partial charge in [0.1, 0.15) is 0 Å². The van der Waals surface area contributed by atoms with Crippen LogP contribution in [0, 0.1) is 5.92 Å². The molecule has 0 aliphatic carbocycles. The monoisotopic (exact) mass is 295 g/mol. The van der Waals surface area contributed by atoms with Crippen LogP contribution >= 0.6 is 11.3 Å². The topological polar surface area (TPSA) is 12.0 Å². The van der Waals surface area contributed by atoms with E-state index in [-0.39, 0.29) is 0 Å². The first-order valence-corrected chi connectivity index (χ1v) is 8.36. The van der Waals surface area contributed by atoms with Gasteiger partial charge in [-0.3, -0.25) is 0 Å². The minimum atomic E-state index is 0.427. The van der Waals surface area contributed by atoms with Gasteiger partial charge in [0.25, 0.3) is 0 Å². The van der Waals surface area contributed by atoms with Crippen molar-refractivity contribution in [3.63, 3.8) is 0 Å². The minimum absolute atomic E-state index is 0.427. The fraction of sp³-hybridized carbons (Fsp3) is 0.263. The van der Waals surface area contributed by atoms with E-state index in [1.54, 1.807) is 0 Å². The highest BCUT2D eigenvalue weighted by Crippen LogP contribution is 2.26. The van der Waals surface area contributed by atoms with Gasteiger partial charge in [-0.1, -0.05) is 56.3 Å². The highest BCUT2D eigenvalue weighted by molar-refractivity contribution is 7.10. The van der Waals surface area contributed by atoms with Crippen LogP contribution in [0.5, 0.6) is 0 Å². The van der Waals surface area contributed by atoms with Gasteiger partial charge in [0.15, 0.2) is 0 Å². The largest absolute Gasteiger partial charge is 0.305 e. The molecule has 0 radical (unpaired) electrons. The number of nitrogens with one attached hydrogen (secondary N) is 1. The van der Waals surface area contributed by atoms with Gasteiger partial charge in [0, 0.05) is 17.5 Å². The first-order valence-electron chi connectivity index (χ1n) is 7.48. The van der Waals surface area contributed by atoms with Gasteiger partial charge in [0.05, 0.1) is 0 Å². The fourth-order valence-electron chi connectivity index (χ4n) is 2.71. The summed E-state index contributed by atoms with van der Waals surface area (Å²) in [5.41, 5.74) is 1.34. The predicted molar refractivity (Wildman–Crippen MR) is 92.7 cm³/mol. The number of hydrogen-bond acceptors (Lipinski definition) is 2. The smallest absolute Gasteiger partial charge is 0.0440 e. The summed E-state index contributed by atoms with van der Waals surface area (Å²) in [7, 11) is 0. The van der Waals surface area contributed by atoms with Crippen LogP contribution in [0.4, 0.5) is 0 Å². The van der Waals surface area contributed by atoms with Crippen molar-refractivity contribution in [1.82, 2.24) is 5.32 Å². The van der Waals surface area contributed by atoms with E-state index in [1.165, 1.54) is 21.2 Å². The zero-order valence-electron chi connectivity index (χ0n) is 12.5. The van der Waals surface area contributed by atoms with E-state index in [4.69, 9.17) is 0 Å². The van der Waals surface area contributed by atoms with Gasteiger partial charge in [-0.2, -0.15) is 0 Å². The molecule has 1 atom stereocenters. The van der Waals surface area contributed by atoms with E-state index in [0.717, 1.165) is 6.54 Å². The standard InChI is InChI=1S/C19H21NS/c1-14(2)19(18-8-5-11-21-18)20-13-15-9-10-16-6-3-4-7-17(16)12-15/h3-12,14,19-20H,13H2,1-2H3/t19-/m0/s1. The number of thiophene rings is 1. The summed E-state index contributed by atoms with van der Waals surface area (Å²) in [6, 6.07) is 20.0. The van der Waals surface area contributed by atoms with Gasteiger partial charge in [-0.15, -0.1) is 11.3 Å². The Balaban J connectivity index is 1.75. The van der Waals surface area contributed by atoms with E-state index < -0.39 is 0 Å². The molecule has 0 bridgehead atoms. The van der Waals surface area contributed by atoms with Gasteiger partial charge in [-0.25, -0.2) is 0 Å². The lowest BCUT2D eigenvalue weighted by Crippen LogP contribution is -2.24. The van der Waals surface area contributed by atoms with Crippen molar-refractivity contribution in [2.75, 3.05) is 0 Å². The van der Waals surface area contributed by atoms with Gasteiger partial charge in [-0.05, 0) is 39.8 Å². The van der Waals surface area contributed by atoms with Crippen LogP contribution in [0.2, 0.25) is 0 Å². The summed E-state index contributed by atoms with van der Waals surface area (Å²) in [4.78, 5) is 1.42. The number of rotatable bonds is 5. The fourth-order valence-corrected chi connectivity index (χ4v) is 3.68. The molecule has 0 aliphatic rings. The highest BCUT2D eigenvalue weighted by Gasteiger charge is 2.15. The average Bonchev–Trinajstić information content (AvgIpc) is 3.01. The molecular weight excluding hydrogens is 274 g/mol. The highest BCUT2D eigenvalue weighted by atomic mass is 32.1. The summed E-state index contributed by atoms with van der Waals surface area (Å²) in [5, 5.41) is 8.49. The SMILES string of the molecule is CC(C)[C@H](NCc1ccc2ccccc2c1)c1cccs1. The molecule has 2 heteroatoms. The van der Waals surface area contributed by atoms with Gasteiger partial charge < -0.3 is 5.32 Å². The first kappa shape index (κ1) is 14.3. The molecule has 0 aliphatic heterocycles. The zero-order valence-corrected chi connectivity index (χ0v) is 13.4. The van der Waals surface area contributed by atoms with Crippen LogP contribution in [0.1, 0.15) is 30.3 Å². The summed E-state index contributed by atoms with van der Waals surface area (Å²) in [5.74, 6) is 0.587. The molecule has 2 aromatic carbocycles. The molecule has 1 N–H and O–H groups in total. The maximum absolute atomic E-state index is 3.71. The molecule has 1 nitrogen and oxygen atoms in total. The Kier molecular flexibility index (Phi) is 4.37. The molecule has 3 aromatic rings. The van der Waals surface area contributed by atoms with Crippen molar-refractivity contribution in [3.8, 4) is 0 Å². The maximum atomic E-state index is 3.71. The van der Waals surface area contributed by atoms with Crippen LogP contribution < -0.4 is 5.32 Å². The van der Waals surface area contributed by atoms with Gasteiger partial charge in [0.2, 0.25) is 0 Å². The van der Waals surface area contributed by atoms with Crippen molar-refractivity contribution in [2.45, 2.75) is 26.4 Å². The van der Waals surface area contributed by atoms with Gasteiger partial charge >= 0.3 is 0 Å². The Morgan fingerprint density at radius 2 is 1.76 bits per heavy atom. The van der Waals surface area contributed by atoms with Crippen molar-refractivity contribution in [1.29, 1.82) is 0 Å². The zero-order chi connectivity index (χ0) is 14.7. The lowest BCUT2D eigenvalue weighted by Gasteiger charge is -2.21. The Morgan fingerprint density at radius 3 is 2.48 bits per heavy atom. The second-order valence-corrected chi connectivity index (χ2v) is 6.78. The molecule has 108 valence electrons. The summed E-state index contributed by atoms with van der Waals surface area (Å²) >= 11 is 1.83. The molecular formula is C19H21NS. The Morgan fingerprint density at radius 1 is 0.952 bits per heavy atom. The second-order valence-electron chi connectivity index (χ2n) is 5.80. The molecule has 3 rings (SSSR count). The number of fused-ring (bicyclic) bond motifs is 1. The Labute approximate surface area is 130 Å². The van der Waals surface area contributed by atoms with Crippen LogP contribution in [0.25, 0.3) is 10.8 Å². The Hall–Kier alpha value is -1.64. The molecule has 0 saturated carbocycles. The summed E-state index contributed by atoms with van der Waals surface area (Å²) in [6.45, 7) is 5.46. The van der Waals surface area contributed by atoms with E-state index in [1.807, 2.05) is 11.3 Å². The third kappa shape index (κ3) is 3.34. The number of hydrogen-bond donors (Lipinski definition) is 1. The molecule has 0 spiro atoms. The van der Waals surface area contributed by atoms with E-state index in [9.17, 15) is 0 Å². The van der Waals surface area contributed by atoms with Crippen molar-refractivity contribution < 1.29 is 0 Å². The third-order valence-electron chi connectivity index (χ3n) is 3.86. The van der Waals surface area contributed by atoms with Crippen molar-refractivity contribution in [3.05, 3.63) is 70.4 Å². The maximum Gasteiger partial charge on any atom is 0.0440 e. The van der Waals surface area contributed by atoms with Crippen LogP contribution in [-0.2, 0) is 6.54 Å². The molecule has 1 aromatic heterocycles. The second kappa shape index (κ2) is 6.42. The number of benzene rings is 2. The molecule has 0 fully saturated rings. The van der Waals surface area contributed by atoms with E-state index >= 15 is 0 Å². The summed E-state index contributed by atoms with van der Waals surface area (Å²) < 4.78 is 0. The molecule has 21 heavy (non-hydrogen) atoms. The van der Waals surface area contributed by atoms with E-state index in [2.05, 4.69) is 79.1 Å². The average molecular weight is 295 g/mol. The normalized spacial score (nSPS) is 12.9. The minimum Gasteiger partial charge on any atom is -0.305 e. The van der Waals surface area contributed by atoms with Crippen molar-refractivity contribution in [2.24, 2.45) is 5.92 Å². The van der Waals surface area contributed by atoms with Crippen LogP contribution in [-0.4, -0.2) is 0 Å². The Bertz CT molecular complexity index is 700. The van der Waals surface area contributed by atoms with Crippen LogP contribution in [0.3, 0.4) is 0 Å².